The van der Waals surface area contributed by atoms with Crippen LogP contribution in [0.1, 0.15) is 16.1 Å². The Kier molecular flexibility index (Phi) is 4.67. The topological polar surface area (TPSA) is 90.9 Å². The lowest BCUT2D eigenvalue weighted by Gasteiger charge is -2.05. The zero-order chi connectivity index (χ0) is 11.3. The molecule has 1 rings (SSSR count). The minimum atomic E-state index is -1.03. The van der Waals surface area contributed by atoms with Crippen LogP contribution in [0.4, 0.5) is 0 Å². The van der Waals surface area contributed by atoms with Gasteiger partial charge in [-0.25, -0.2) is 4.79 Å². The van der Waals surface area contributed by atoms with E-state index in [0.29, 0.717) is 17.3 Å². The van der Waals surface area contributed by atoms with E-state index in [1.165, 1.54) is 24.1 Å². The molecule has 0 spiro atoms. The van der Waals surface area contributed by atoms with Crippen molar-refractivity contribution in [3.8, 4) is 0 Å². The Bertz CT molecular complexity index is 322. The first-order valence-corrected chi connectivity index (χ1v) is 5.47. The van der Waals surface area contributed by atoms with Crippen LogP contribution in [-0.2, 0) is 5.75 Å². The summed E-state index contributed by atoms with van der Waals surface area (Å²) in [6.45, 7) is -0.295. The molecule has 0 amide bonds. The van der Waals surface area contributed by atoms with Gasteiger partial charge in [-0.1, -0.05) is 0 Å². The SMILES string of the molecule is O=C(O)c1ccoc1CSCC(O)CO. The monoisotopic (exact) mass is 232 g/mol. The quantitative estimate of drug-likeness (QED) is 0.664. The molecule has 0 aliphatic rings. The smallest absolute Gasteiger partial charge is 0.339 e. The first-order chi connectivity index (χ1) is 7.15. The van der Waals surface area contributed by atoms with Crippen molar-refractivity contribution in [3.63, 3.8) is 0 Å². The molecule has 0 saturated carbocycles. The van der Waals surface area contributed by atoms with Crippen molar-refractivity contribution >= 4 is 17.7 Å². The Balaban J connectivity index is 2.44. The molecule has 0 aliphatic carbocycles. The van der Waals surface area contributed by atoms with Gasteiger partial charge in [-0.3, -0.25) is 0 Å². The van der Waals surface area contributed by atoms with Crippen LogP contribution < -0.4 is 0 Å². The van der Waals surface area contributed by atoms with Gasteiger partial charge in [0.15, 0.2) is 0 Å². The molecule has 1 aromatic heterocycles. The number of thioether (sulfide) groups is 1. The number of furan rings is 1. The van der Waals surface area contributed by atoms with Crippen molar-refractivity contribution in [2.45, 2.75) is 11.9 Å². The zero-order valence-corrected chi connectivity index (χ0v) is 8.74. The fraction of sp³-hybridized carbons (Fsp3) is 0.444. The van der Waals surface area contributed by atoms with Gasteiger partial charge in [0.1, 0.15) is 11.3 Å². The number of rotatable bonds is 6. The lowest BCUT2D eigenvalue weighted by atomic mass is 10.3. The third kappa shape index (κ3) is 3.58. The van der Waals surface area contributed by atoms with Crippen molar-refractivity contribution in [2.75, 3.05) is 12.4 Å². The molecule has 0 radical (unpaired) electrons. The van der Waals surface area contributed by atoms with E-state index in [2.05, 4.69) is 0 Å². The fourth-order valence-electron chi connectivity index (χ4n) is 0.983. The average molecular weight is 232 g/mol. The highest BCUT2D eigenvalue weighted by atomic mass is 32.2. The van der Waals surface area contributed by atoms with Crippen molar-refractivity contribution in [2.24, 2.45) is 0 Å². The molecule has 0 fully saturated rings. The maximum atomic E-state index is 10.7. The number of carboxylic acid groups (broad SMARTS) is 1. The number of carbonyl (C=O) groups is 1. The van der Waals surface area contributed by atoms with E-state index >= 15 is 0 Å². The molecule has 6 heteroatoms. The van der Waals surface area contributed by atoms with Gasteiger partial charge in [0.2, 0.25) is 0 Å². The summed E-state index contributed by atoms with van der Waals surface area (Å²) in [5, 5.41) is 26.4. The Morgan fingerprint density at radius 1 is 1.60 bits per heavy atom. The summed E-state index contributed by atoms with van der Waals surface area (Å²) in [7, 11) is 0. The van der Waals surface area contributed by atoms with E-state index in [-0.39, 0.29) is 12.2 Å². The molecule has 1 heterocycles. The molecular weight excluding hydrogens is 220 g/mol. The Morgan fingerprint density at radius 2 is 2.33 bits per heavy atom. The normalized spacial score (nSPS) is 12.7. The number of aliphatic hydroxyl groups excluding tert-OH is 2. The van der Waals surface area contributed by atoms with Crippen molar-refractivity contribution in [1.29, 1.82) is 0 Å². The van der Waals surface area contributed by atoms with E-state index in [9.17, 15) is 4.79 Å². The van der Waals surface area contributed by atoms with Gasteiger partial charge >= 0.3 is 5.97 Å². The second-order valence-corrected chi connectivity index (χ2v) is 3.94. The van der Waals surface area contributed by atoms with E-state index in [1.54, 1.807) is 0 Å². The van der Waals surface area contributed by atoms with Crippen LogP contribution in [0.25, 0.3) is 0 Å². The standard InChI is InChI=1S/C9H12O5S/c10-3-6(11)4-15-5-8-7(9(12)13)1-2-14-8/h1-2,6,10-11H,3-5H2,(H,12,13). The third-order valence-electron chi connectivity index (χ3n) is 1.73. The largest absolute Gasteiger partial charge is 0.478 e. The molecule has 0 saturated heterocycles. The number of aromatic carboxylic acids is 1. The molecule has 1 atom stereocenters. The Labute approximate surface area is 90.7 Å². The molecule has 3 N–H and O–H groups in total. The van der Waals surface area contributed by atoms with Crippen molar-refractivity contribution in [3.05, 3.63) is 23.7 Å². The maximum Gasteiger partial charge on any atom is 0.339 e. The molecule has 5 nitrogen and oxygen atoms in total. The highest BCUT2D eigenvalue weighted by molar-refractivity contribution is 7.98. The summed E-state index contributed by atoms with van der Waals surface area (Å²) >= 11 is 1.31. The van der Waals surface area contributed by atoms with Crippen LogP contribution in [0.3, 0.4) is 0 Å². The second-order valence-electron chi connectivity index (χ2n) is 2.91. The minimum absolute atomic E-state index is 0.140. The van der Waals surface area contributed by atoms with E-state index < -0.39 is 12.1 Å². The van der Waals surface area contributed by atoms with Crippen LogP contribution >= 0.6 is 11.8 Å². The maximum absolute atomic E-state index is 10.7. The molecule has 15 heavy (non-hydrogen) atoms. The van der Waals surface area contributed by atoms with Gasteiger partial charge < -0.3 is 19.7 Å². The predicted octanol–water partition coefficient (Wildman–Crippen LogP) is 0.564. The van der Waals surface area contributed by atoms with Crippen molar-refractivity contribution < 1.29 is 24.5 Å². The van der Waals surface area contributed by atoms with Crippen LogP contribution in [0.2, 0.25) is 0 Å². The lowest BCUT2D eigenvalue weighted by molar-refractivity contribution is 0.0695. The molecule has 0 aromatic carbocycles. The van der Waals surface area contributed by atoms with E-state index in [0.717, 1.165) is 0 Å². The summed E-state index contributed by atoms with van der Waals surface area (Å²) in [4.78, 5) is 10.7. The minimum Gasteiger partial charge on any atom is -0.478 e. The molecule has 1 aromatic rings. The summed E-state index contributed by atoms with van der Waals surface area (Å²) in [5.74, 6) is 0.0572. The van der Waals surface area contributed by atoms with Gasteiger partial charge in [0.05, 0.1) is 24.7 Å². The fourth-order valence-corrected chi connectivity index (χ4v) is 1.89. The second kappa shape index (κ2) is 5.79. The van der Waals surface area contributed by atoms with Crippen LogP contribution in [0, 0.1) is 0 Å². The highest BCUT2D eigenvalue weighted by Gasteiger charge is 2.13. The molecule has 84 valence electrons. The number of hydrogen-bond donors (Lipinski definition) is 3. The summed E-state index contributed by atoms with van der Waals surface area (Å²) in [6.07, 6.45) is 0.542. The van der Waals surface area contributed by atoms with Crippen LogP contribution in [0.15, 0.2) is 16.7 Å². The summed E-state index contributed by atoms with van der Waals surface area (Å²) in [5.41, 5.74) is 0.140. The van der Waals surface area contributed by atoms with Gasteiger partial charge in [-0.15, -0.1) is 0 Å². The highest BCUT2D eigenvalue weighted by Crippen LogP contribution is 2.18. The first-order valence-electron chi connectivity index (χ1n) is 4.31. The molecule has 0 aliphatic heterocycles. The zero-order valence-electron chi connectivity index (χ0n) is 7.92. The lowest BCUT2D eigenvalue weighted by Crippen LogP contribution is -2.14. The van der Waals surface area contributed by atoms with Gasteiger partial charge in [-0.2, -0.15) is 11.8 Å². The van der Waals surface area contributed by atoms with E-state index in [1.807, 2.05) is 0 Å². The molecule has 1 unspecified atom stereocenters. The van der Waals surface area contributed by atoms with Gasteiger partial charge in [-0.05, 0) is 6.07 Å². The predicted molar refractivity (Wildman–Crippen MR) is 54.9 cm³/mol. The van der Waals surface area contributed by atoms with Crippen LogP contribution in [-0.4, -0.2) is 39.8 Å². The number of hydrogen-bond acceptors (Lipinski definition) is 5. The summed E-state index contributed by atoms with van der Waals surface area (Å²) in [6, 6.07) is 1.39. The Hall–Kier alpha value is -0.980. The Morgan fingerprint density at radius 3 is 2.93 bits per heavy atom. The third-order valence-corrected chi connectivity index (χ3v) is 2.82. The van der Waals surface area contributed by atoms with Crippen molar-refractivity contribution in [1.82, 2.24) is 0 Å². The van der Waals surface area contributed by atoms with Gasteiger partial charge in [0.25, 0.3) is 0 Å². The van der Waals surface area contributed by atoms with Gasteiger partial charge in [0, 0.05) is 5.75 Å². The number of aliphatic hydroxyl groups is 2. The number of carboxylic acids is 1. The average Bonchev–Trinajstić information content (AvgIpc) is 2.65. The van der Waals surface area contributed by atoms with Crippen LogP contribution in [0.5, 0.6) is 0 Å². The molecular formula is C9H12O5S. The van der Waals surface area contributed by atoms with E-state index in [4.69, 9.17) is 19.7 Å². The first kappa shape index (κ1) is 12.1. The molecule has 0 bridgehead atoms. The summed E-state index contributed by atoms with van der Waals surface area (Å²) < 4.78 is 5.00.